The number of rotatable bonds is 9. The lowest BCUT2D eigenvalue weighted by Gasteiger charge is -2.13. The number of thioether (sulfide) groups is 1. The Morgan fingerprint density at radius 3 is 2.45 bits per heavy atom. The molecule has 0 radical (unpaired) electrons. The van der Waals surface area contributed by atoms with Gasteiger partial charge in [-0.1, -0.05) is 30.3 Å². The van der Waals surface area contributed by atoms with Gasteiger partial charge < -0.3 is 10.6 Å². The number of guanidine groups is 1. The van der Waals surface area contributed by atoms with Gasteiger partial charge in [-0.2, -0.15) is 0 Å². The van der Waals surface area contributed by atoms with Crippen LogP contribution in [0.4, 0.5) is 0 Å². The van der Waals surface area contributed by atoms with Crippen LogP contribution in [-0.2, 0) is 16.6 Å². The summed E-state index contributed by atoms with van der Waals surface area (Å²) in [5, 5.41) is 6.35. The van der Waals surface area contributed by atoms with E-state index in [1.165, 1.54) is 16.0 Å². The van der Waals surface area contributed by atoms with E-state index in [4.69, 9.17) is 0 Å². The second-order valence-electron chi connectivity index (χ2n) is 6.15. The van der Waals surface area contributed by atoms with E-state index in [2.05, 4.69) is 51.7 Å². The average Bonchev–Trinajstić information content (AvgIpc) is 2.70. The number of benzene rings is 2. The summed E-state index contributed by atoms with van der Waals surface area (Å²) in [6, 6.07) is 14.7. The van der Waals surface area contributed by atoms with Crippen LogP contribution in [0.25, 0.3) is 0 Å². The lowest BCUT2D eigenvalue weighted by Crippen LogP contribution is -2.41. The Labute approximate surface area is 195 Å². The van der Waals surface area contributed by atoms with Gasteiger partial charge in [0.15, 0.2) is 5.96 Å². The van der Waals surface area contributed by atoms with Gasteiger partial charge in [-0.15, -0.1) is 35.7 Å². The molecule has 160 valence electrons. The van der Waals surface area contributed by atoms with E-state index in [0.717, 1.165) is 6.54 Å². The highest BCUT2D eigenvalue weighted by Crippen LogP contribution is 2.22. The number of hydrogen-bond donors (Lipinski definition) is 3. The van der Waals surface area contributed by atoms with Crippen molar-refractivity contribution in [3.8, 4) is 0 Å². The molecule has 0 aromatic heterocycles. The van der Waals surface area contributed by atoms with Crippen molar-refractivity contribution in [1.29, 1.82) is 0 Å². The van der Waals surface area contributed by atoms with Crippen LogP contribution in [0.2, 0.25) is 0 Å². The molecule has 0 spiro atoms. The van der Waals surface area contributed by atoms with E-state index in [-0.39, 0.29) is 35.4 Å². The van der Waals surface area contributed by atoms with Crippen molar-refractivity contribution >= 4 is 51.7 Å². The zero-order valence-electron chi connectivity index (χ0n) is 16.9. The van der Waals surface area contributed by atoms with Crippen LogP contribution in [-0.4, -0.2) is 40.3 Å². The molecule has 2 aromatic rings. The molecule has 0 atom stereocenters. The molecule has 0 amide bonds. The third kappa shape index (κ3) is 8.53. The number of aryl methyl sites for hydroxylation is 1. The first-order chi connectivity index (χ1) is 13.5. The van der Waals surface area contributed by atoms with Gasteiger partial charge in [-0.3, -0.25) is 0 Å². The molecule has 0 fully saturated rings. The monoisotopic (exact) mass is 548 g/mol. The van der Waals surface area contributed by atoms with Crippen LogP contribution >= 0.6 is 35.7 Å². The number of nitrogens with one attached hydrogen (secondary N) is 3. The Bertz CT molecular complexity index is 891. The third-order valence-corrected chi connectivity index (χ3v) is 6.25. The Morgan fingerprint density at radius 2 is 1.79 bits per heavy atom. The fourth-order valence-electron chi connectivity index (χ4n) is 2.54. The highest BCUT2D eigenvalue weighted by Gasteiger charge is 2.12. The summed E-state index contributed by atoms with van der Waals surface area (Å²) in [4.78, 5) is 6.10. The summed E-state index contributed by atoms with van der Waals surface area (Å²) < 4.78 is 27.0. The first-order valence-electron chi connectivity index (χ1n) is 9.16. The van der Waals surface area contributed by atoms with Crippen LogP contribution in [0.5, 0.6) is 0 Å². The molecule has 2 rings (SSSR count). The standard InChI is InChI=1S/C20H28N4O2S2.HI/c1-4-21-20(23-15-17-11-10-16(2)14-19(17)27-3)22-12-13-24-28(25,26)18-8-6-5-7-9-18;/h5-11,14,24H,4,12-13,15H2,1-3H3,(H2,21,22,23);1H. The maximum absolute atomic E-state index is 12.2. The van der Waals surface area contributed by atoms with Gasteiger partial charge in [0.05, 0.1) is 11.4 Å². The van der Waals surface area contributed by atoms with Crippen molar-refractivity contribution < 1.29 is 8.42 Å². The predicted octanol–water partition coefficient (Wildman–Crippen LogP) is 3.37. The number of aliphatic imine (C=N–C) groups is 1. The minimum absolute atomic E-state index is 0. The maximum Gasteiger partial charge on any atom is 0.240 e. The zero-order chi connectivity index (χ0) is 20.4. The molecular weight excluding hydrogens is 519 g/mol. The first-order valence-corrected chi connectivity index (χ1v) is 11.9. The second-order valence-corrected chi connectivity index (χ2v) is 8.76. The van der Waals surface area contributed by atoms with Crippen molar-refractivity contribution in [1.82, 2.24) is 15.4 Å². The second kappa shape index (κ2) is 13.1. The molecule has 0 unspecified atom stereocenters. The highest BCUT2D eigenvalue weighted by molar-refractivity contribution is 14.0. The van der Waals surface area contributed by atoms with Crippen LogP contribution in [0.15, 0.2) is 63.3 Å². The largest absolute Gasteiger partial charge is 0.357 e. The molecule has 0 aliphatic rings. The molecule has 3 N–H and O–H groups in total. The fourth-order valence-corrected chi connectivity index (χ4v) is 4.29. The quantitative estimate of drug-likeness (QED) is 0.147. The fraction of sp³-hybridized carbons (Fsp3) is 0.350. The molecule has 0 bridgehead atoms. The van der Waals surface area contributed by atoms with Gasteiger partial charge in [0.2, 0.25) is 10.0 Å². The van der Waals surface area contributed by atoms with Crippen molar-refractivity contribution in [2.45, 2.75) is 30.2 Å². The topological polar surface area (TPSA) is 82.6 Å². The lowest BCUT2D eigenvalue weighted by molar-refractivity contribution is 0.580. The summed E-state index contributed by atoms with van der Waals surface area (Å²) in [5.74, 6) is 0.661. The number of halogens is 1. The van der Waals surface area contributed by atoms with Crippen molar-refractivity contribution in [3.05, 3.63) is 59.7 Å². The first kappa shape index (κ1) is 25.7. The molecule has 6 nitrogen and oxygen atoms in total. The predicted molar refractivity (Wildman–Crippen MR) is 133 cm³/mol. The smallest absolute Gasteiger partial charge is 0.240 e. The van der Waals surface area contributed by atoms with Crippen molar-refractivity contribution in [2.75, 3.05) is 25.9 Å². The minimum atomic E-state index is -3.49. The van der Waals surface area contributed by atoms with Crippen LogP contribution < -0.4 is 15.4 Å². The molecule has 0 aliphatic heterocycles. The van der Waals surface area contributed by atoms with Gasteiger partial charge in [0, 0.05) is 24.5 Å². The van der Waals surface area contributed by atoms with E-state index in [0.29, 0.717) is 19.0 Å². The SMILES string of the molecule is CCNC(=NCc1ccc(C)cc1SC)NCCNS(=O)(=O)c1ccccc1.I. The van der Waals surface area contributed by atoms with Crippen molar-refractivity contribution in [2.24, 2.45) is 4.99 Å². The molecular formula is C20H29IN4O2S2. The van der Waals surface area contributed by atoms with E-state index in [1.807, 2.05) is 6.92 Å². The van der Waals surface area contributed by atoms with Crippen LogP contribution in [0.3, 0.4) is 0 Å². The third-order valence-electron chi connectivity index (χ3n) is 3.96. The Morgan fingerprint density at radius 1 is 1.07 bits per heavy atom. The molecule has 0 saturated carbocycles. The van der Waals surface area contributed by atoms with E-state index in [9.17, 15) is 8.42 Å². The van der Waals surface area contributed by atoms with Gasteiger partial charge in [-0.25, -0.2) is 18.1 Å². The highest BCUT2D eigenvalue weighted by atomic mass is 127. The van der Waals surface area contributed by atoms with Gasteiger partial charge in [0.1, 0.15) is 0 Å². The summed E-state index contributed by atoms with van der Waals surface area (Å²) in [7, 11) is -3.49. The number of nitrogens with zero attached hydrogens (tertiary/aromatic N) is 1. The summed E-state index contributed by atoms with van der Waals surface area (Å²) in [6.07, 6.45) is 2.06. The average molecular weight is 549 g/mol. The summed E-state index contributed by atoms with van der Waals surface area (Å²) in [5.41, 5.74) is 2.40. The Hall–Kier alpha value is -1.30. The zero-order valence-corrected chi connectivity index (χ0v) is 20.9. The Balaban J connectivity index is 0.00000420. The minimum Gasteiger partial charge on any atom is -0.357 e. The maximum atomic E-state index is 12.2. The number of sulfonamides is 1. The molecule has 0 saturated heterocycles. The summed E-state index contributed by atoms with van der Waals surface area (Å²) >= 11 is 1.71. The lowest BCUT2D eigenvalue weighted by atomic mass is 10.1. The number of hydrogen-bond acceptors (Lipinski definition) is 4. The van der Waals surface area contributed by atoms with Crippen LogP contribution in [0, 0.1) is 6.92 Å². The normalized spacial score (nSPS) is 11.6. The molecule has 0 heterocycles. The molecule has 9 heteroatoms. The Kier molecular flexibility index (Phi) is 11.6. The van der Waals surface area contributed by atoms with E-state index in [1.54, 1.807) is 42.1 Å². The molecule has 2 aromatic carbocycles. The van der Waals surface area contributed by atoms with Gasteiger partial charge in [-0.05, 0) is 49.4 Å². The van der Waals surface area contributed by atoms with Crippen molar-refractivity contribution in [3.63, 3.8) is 0 Å². The van der Waals surface area contributed by atoms with E-state index < -0.39 is 10.0 Å². The van der Waals surface area contributed by atoms with Crippen LogP contribution in [0.1, 0.15) is 18.1 Å². The van der Waals surface area contributed by atoms with Gasteiger partial charge >= 0.3 is 0 Å². The van der Waals surface area contributed by atoms with E-state index >= 15 is 0 Å². The molecule has 0 aliphatic carbocycles. The summed E-state index contributed by atoms with van der Waals surface area (Å²) in [6.45, 7) is 6.05. The molecule has 29 heavy (non-hydrogen) atoms. The van der Waals surface area contributed by atoms with Gasteiger partial charge in [0.25, 0.3) is 0 Å².